The van der Waals surface area contributed by atoms with E-state index in [0.29, 0.717) is 0 Å². The normalized spacial score (nSPS) is 16.2. The molecule has 0 amide bonds. The van der Waals surface area contributed by atoms with Crippen molar-refractivity contribution >= 4 is 0 Å². The van der Waals surface area contributed by atoms with Crippen molar-refractivity contribution in [2.75, 3.05) is 19.6 Å². The van der Waals surface area contributed by atoms with Gasteiger partial charge in [-0.3, -0.25) is 4.90 Å². The van der Waals surface area contributed by atoms with Crippen LogP contribution in [0.4, 0.5) is 0 Å². The van der Waals surface area contributed by atoms with Gasteiger partial charge < -0.3 is 0 Å². The second kappa shape index (κ2) is 10.3. The highest BCUT2D eigenvalue weighted by Gasteiger charge is 2.13. The second-order valence-electron chi connectivity index (χ2n) is 4.48. The maximum Gasteiger partial charge on any atom is 0.0236 e. The Morgan fingerprint density at radius 1 is 1.00 bits per heavy atom. The Hall–Kier alpha value is -0.820. The van der Waals surface area contributed by atoms with E-state index >= 15 is 0 Å². The first-order valence-electron chi connectivity index (χ1n) is 6.92. The van der Waals surface area contributed by atoms with Crippen molar-refractivity contribution in [2.24, 2.45) is 0 Å². The molecule has 0 unspecified atom stereocenters. The lowest BCUT2D eigenvalue weighted by molar-refractivity contribution is 0.290. The summed E-state index contributed by atoms with van der Waals surface area (Å²) in [7, 11) is 0. The average molecular weight is 235 g/mol. The first kappa shape index (κ1) is 16.2. The van der Waals surface area contributed by atoms with Crippen molar-refractivity contribution in [1.82, 2.24) is 4.90 Å². The zero-order chi connectivity index (χ0) is 13.1. The first-order chi connectivity index (χ1) is 8.23. The number of nitrogens with zero attached hydrogens (tertiary/aromatic N) is 1. The lowest BCUT2D eigenvalue weighted by atomic mass is 10.00. The Labute approximate surface area is 108 Å². The Bertz CT molecular complexity index is 248. The van der Waals surface area contributed by atoms with E-state index in [1.54, 1.807) is 0 Å². The zero-order valence-electron chi connectivity index (χ0n) is 12.0. The SMILES string of the molecule is C=CC1=C(C=C)CN(CCC)CC1.CCCC. The van der Waals surface area contributed by atoms with Gasteiger partial charge in [0.2, 0.25) is 0 Å². The van der Waals surface area contributed by atoms with Gasteiger partial charge in [0.15, 0.2) is 0 Å². The van der Waals surface area contributed by atoms with Gasteiger partial charge in [-0.05, 0) is 30.5 Å². The molecule has 17 heavy (non-hydrogen) atoms. The van der Waals surface area contributed by atoms with Crippen LogP contribution in [0, 0.1) is 0 Å². The van der Waals surface area contributed by atoms with Crippen LogP contribution in [0.1, 0.15) is 46.5 Å². The van der Waals surface area contributed by atoms with Crippen LogP contribution in [0.2, 0.25) is 0 Å². The van der Waals surface area contributed by atoms with E-state index < -0.39 is 0 Å². The van der Waals surface area contributed by atoms with Gasteiger partial charge in [-0.1, -0.05) is 58.9 Å². The lowest BCUT2D eigenvalue weighted by Gasteiger charge is -2.28. The van der Waals surface area contributed by atoms with E-state index in [2.05, 4.69) is 38.8 Å². The molecular formula is C16H29N. The third-order valence-corrected chi connectivity index (χ3v) is 3.04. The monoisotopic (exact) mass is 235 g/mol. The quantitative estimate of drug-likeness (QED) is 0.674. The Morgan fingerprint density at radius 3 is 2.00 bits per heavy atom. The van der Waals surface area contributed by atoms with Gasteiger partial charge in [0.25, 0.3) is 0 Å². The van der Waals surface area contributed by atoms with Crippen LogP contribution in [0.15, 0.2) is 36.5 Å². The minimum atomic E-state index is 1.05. The van der Waals surface area contributed by atoms with Crippen LogP contribution in [-0.4, -0.2) is 24.5 Å². The molecule has 98 valence electrons. The Balaban J connectivity index is 0.000000557. The molecule has 0 N–H and O–H groups in total. The Morgan fingerprint density at radius 2 is 1.59 bits per heavy atom. The largest absolute Gasteiger partial charge is 0.299 e. The van der Waals surface area contributed by atoms with Gasteiger partial charge in [-0.15, -0.1) is 0 Å². The molecule has 0 radical (unpaired) electrons. The molecule has 1 aliphatic rings. The second-order valence-corrected chi connectivity index (χ2v) is 4.48. The number of hydrogen-bond acceptors (Lipinski definition) is 1. The number of hydrogen-bond donors (Lipinski definition) is 0. The summed E-state index contributed by atoms with van der Waals surface area (Å²) >= 11 is 0. The van der Waals surface area contributed by atoms with Crippen LogP contribution in [-0.2, 0) is 0 Å². The maximum absolute atomic E-state index is 3.84. The molecule has 1 nitrogen and oxygen atoms in total. The number of unbranched alkanes of at least 4 members (excludes halogenated alkanes) is 1. The highest BCUT2D eigenvalue weighted by Crippen LogP contribution is 2.19. The summed E-state index contributed by atoms with van der Waals surface area (Å²) in [4.78, 5) is 2.48. The van der Waals surface area contributed by atoms with Gasteiger partial charge in [-0.25, -0.2) is 0 Å². The summed E-state index contributed by atoms with van der Waals surface area (Å²) in [5, 5.41) is 0. The van der Waals surface area contributed by atoms with Crippen molar-refractivity contribution in [3.63, 3.8) is 0 Å². The van der Waals surface area contributed by atoms with Gasteiger partial charge in [0.1, 0.15) is 0 Å². The summed E-state index contributed by atoms with van der Waals surface area (Å²) in [6, 6.07) is 0. The molecule has 0 saturated carbocycles. The summed E-state index contributed by atoms with van der Waals surface area (Å²) in [5.74, 6) is 0. The third kappa shape index (κ3) is 6.48. The van der Waals surface area contributed by atoms with Crippen molar-refractivity contribution in [3.05, 3.63) is 36.5 Å². The predicted molar refractivity (Wildman–Crippen MR) is 79.4 cm³/mol. The van der Waals surface area contributed by atoms with Gasteiger partial charge in [-0.2, -0.15) is 0 Å². The van der Waals surface area contributed by atoms with Gasteiger partial charge in [0, 0.05) is 13.1 Å². The van der Waals surface area contributed by atoms with Crippen LogP contribution in [0.5, 0.6) is 0 Å². The van der Waals surface area contributed by atoms with E-state index in [4.69, 9.17) is 0 Å². The minimum absolute atomic E-state index is 1.05. The van der Waals surface area contributed by atoms with E-state index in [-0.39, 0.29) is 0 Å². The van der Waals surface area contributed by atoms with Gasteiger partial charge in [0.05, 0.1) is 0 Å². The molecule has 1 heteroatoms. The van der Waals surface area contributed by atoms with Crippen LogP contribution in [0.3, 0.4) is 0 Å². The van der Waals surface area contributed by atoms with E-state index in [1.165, 1.54) is 43.5 Å². The minimum Gasteiger partial charge on any atom is -0.299 e. The van der Waals surface area contributed by atoms with Crippen LogP contribution in [0.25, 0.3) is 0 Å². The van der Waals surface area contributed by atoms with Crippen molar-refractivity contribution < 1.29 is 0 Å². The summed E-state index contributed by atoms with van der Waals surface area (Å²) in [6.45, 7) is 17.7. The summed E-state index contributed by atoms with van der Waals surface area (Å²) in [6.07, 6.45) is 8.94. The van der Waals surface area contributed by atoms with E-state index in [0.717, 1.165) is 13.0 Å². The summed E-state index contributed by atoms with van der Waals surface area (Å²) in [5.41, 5.74) is 2.73. The fourth-order valence-electron chi connectivity index (χ4n) is 1.80. The lowest BCUT2D eigenvalue weighted by Crippen LogP contribution is -2.31. The highest BCUT2D eigenvalue weighted by molar-refractivity contribution is 5.34. The molecule has 0 aromatic rings. The predicted octanol–water partition coefficient (Wildman–Crippen LogP) is 4.58. The fourth-order valence-corrected chi connectivity index (χ4v) is 1.80. The molecule has 0 spiro atoms. The van der Waals surface area contributed by atoms with Crippen molar-refractivity contribution in [3.8, 4) is 0 Å². The summed E-state index contributed by atoms with van der Waals surface area (Å²) < 4.78 is 0. The number of allylic oxidation sites excluding steroid dienone is 1. The first-order valence-corrected chi connectivity index (χ1v) is 6.92. The molecule has 1 heterocycles. The molecule has 1 aliphatic heterocycles. The highest BCUT2D eigenvalue weighted by atomic mass is 15.1. The zero-order valence-corrected chi connectivity index (χ0v) is 12.0. The molecule has 0 aliphatic carbocycles. The van der Waals surface area contributed by atoms with Crippen molar-refractivity contribution in [1.29, 1.82) is 0 Å². The molecule has 0 atom stereocenters. The molecule has 0 fully saturated rings. The Kier molecular flexibility index (Phi) is 9.84. The molecule has 0 aromatic heterocycles. The standard InChI is InChI=1S/C12H19N.C4H10/c1-4-8-13-9-7-11(5-2)12(6-3)10-13;1-3-4-2/h5-6H,2-4,7-10H2,1H3;3-4H2,1-2H3. The molecule has 0 saturated heterocycles. The molecule has 0 bridgehead atoms. The smallest absolute Gasteiger partial charge is 0.0236 e. The number of rotatable bonds is 5. The van der Waals surface area contributed by atoms with E-state index in [9.17, 15) is 0 Å². The molecule has 0 aromatic carbocycles. The van der Waals surface area contributed by atoms with E-state index in [1.807, 2.05) is 12.2 Å². The fraction of sp³-hybridized carbons (Fsp3) is 0.625. The van der Waals surface area contributed by atoms with Crippen molar-refractivity contribution in [2.45, 2.75) is 46.5 Å². The molecular weight excluding hydrogens is 206 g/mol. The maximum atomic E-state index is 3.84. The third-order valence-electron chi connectivity index (χ3n) is 3.04. The molecule has 1 rings (SSSR count). The van der Waals surface area contributed by atoms with Gasteiger partial charge >= 0.3 is 0 Å². The average Bonchev–Trinajstić information content (AvgIpc) is 2.39. The topological polar surface area (TPSA) is 3.24 Å². The van der Waals surface area contributed by atoms with Crippen LogP contribution >= 0.6 is 0 Å². The van der Waals surface area contributed by atoms with Crippen LogP contribution < -0.4 is 0 Å².